The molecule has 4 rings (SSSR count). The minimum Gasteiger partial charge on any atom is -0.384 e. The summed E-state index contributed by atoms with van der Waals surface area (Å²) in [6, 6.07) is 12.6. The number of fused-ring (bicyclic) bond motifs is 1. The molecule has 0 fully saturated rings. The van der Waals surface area contributed by atoms with Crippen molar-refractivity contribution in [3.8, 4) is 11.3 Å². The molecular formula is C27H34N6. The van der Waals surface area contributed by atoms with E-state index in [1.807, 2.05) is 24.4 Å². The van der Waals surface area contributed by atoms with Crippen molar-refractivity contribution in [2.24, 2.45) is 10.8 Å². The number of anilines is 1. The lowest BCUT2D eigenvalue weighted by Crippen LogP contribution is -2.16. The molecule has 0 atom stereocenters. The van der Waals surface area contributed by atoms with E-state index in [1.165, 1.54) is 11.1 Å². The average Bonchev–Trinajstić information content (AvgIpc) is 3.30. The Labute approximate surface area is 196 Å². The Morgan fingerprint density at radius 2 is 1.64 bits per heavy atom. The van der Waals surface area contributed by atoms with Gasteiger partial charge < -0.3 is 11.5 Å². The van der Waals surface area contributed by atoms with E-state index in [-0.39, 0.29) is 16.7 Å². The summed E-state index contributed by atoms with van der Waals surface area (Å²) >= 11 is 0. The van der Waals surface area contributed by atoms with Crippen molar-refractivity contribution in [1.29, 1.82) is 5.41 Å². The molecule has 172 valence electrons. The molecule has 1 aromatic heterocycles. The van der Waals surface area contributed by atoms with Gasteiger partial charge in [-0.15, -0.1) is 0 Å². The van der Waals surface area contributed by atoms with Gasteiger partial charge in [0.2, 0.25) is 5.95 Å². The molecule has 0 bridgehead atoms. The van der Waals surface area contributed by atoms with Gasteiger partial charge in [0.15, 0.2) is 0 Å². The Kier molecular flexibility index (Phi) is 5.43. The lowest BCUT2D eigenvalue weighted by atomic mass is 9.79. The van der Waals surface area contributed by atoms with Crippen LogP contribution in [0.3, 0.4) is 0 Å². The molecule has 1 aliphatic rings. The monoisotopic (exact) mass is 442 g/mol. The summed E-state index contributed by atoms with van der Waals surface area (Å²) < 4.78 is 1.67. The molecule has 5 N–H and O–H groups in total. The van der Waals surface area contributed by atoms with E-state index in [4.69, 9.17) is 22.0 Å². The Morgan fingerprint density at radius 1 is 1.00 bits per heavy atom. The first kappa shape index (κ1) is 22.8. The van der Waals surface area contributed by atoms with Crippen LogP contribution in [-0.4, -0.2) is 21.2 Å². The van der Waals surface area contributed by atoms with Crippen molar-refractivity contribution in [3.05, 3.63) is 70.4 Å². The Balaban J connectivity index is 1.78. The van der Waals surface area contributed by atoms with Gasteiger partial charge >= 0.3 is 0 Å². The number of aromatic nitrogens is 2. The molecule has 3 aromatic rings. The van der Waals surface area contributed by atoms with Crippen LogP contribution < -0.4 is 11.5 Å². The van der Waals surface area contributed by atoms with Crippen LogP contribution in [0, 0.1) is 5.41 Å². The molecule has 6 heteroatoms. The zero-order valence-corrected chi connectivity index (χ0v) is 20.5. The summed E-state index contributed by atoms with van der Waals surface area (Å²) in [5.41, 5.74) is 20.3. The molecule has 0 amide bonds. The summed E-state index contributed by atoms with van der Waals surface area (Å²) in [5, 5.41) is 12.7. The molecule has 0 radical (unpaired) electrons. The highest BCUT2D eigenvalue weighted by Crippen LogP contribution is 2.34. The highest BCUT2D eigenvalue weighted by Gasteiger charge is 2.24. The van der Waals surface area contributed by atoms with Crippen molar-refractivity contribution in [2.75, 3.05) is 5.73 Å². The maximum Gasteiger partial charge on any atom is 0.221 e. The zero-order valence-electron chi connectivity index (χ0n) is 20.5. The van der Waals surface area contributed by atoms with Crippen LogP contribution >= 0.6 is 0 Å². The van der Waals surface area contributed by atoms with Crippen LogP contribution in [0.5, 0.6) is 0 Å². The largest absolute Gasteiger partial charge is 0.384 e. The van der Waals surface area contributed by atoms with Crippen LogP contribution in [0.4, 0.5) is 5.95 Å². The number of hydrogen-bond acceptors (Lipinski definition) is 4. The number of nitrogens with one attached hydrogen (secondary N) is 1. The number of rotatable bonds is 3. The van der Waals surface area contributed by atoms with Crippen molar-refractivity contribution in [3.63, 3.8) is 0 Å². The quantitative estimate of drug-likeness (QED) is 0.383. The second-order valence-electron chi connectivity index (χ2n) is 10.9. The Bertz CT molecular complexity index is 1230. The molecule has 2 aromatic carbocycles. The van der Waals surface area contributed by atoms with E-state index >= 15 is 0 Å². The second kappa shape index (κ2) is 7.87. The first-order chi connectivity index (χ1) is 15.3. The molecule has 1 heterocycles. The number of amidine groups is 1. The highest BCUT2D eigenvalue weighted by atomic mass is 15.4. The standard InChI is InChI=1S/C27H34N6/c1-26(2,3)17-12-16(13-18(14-17)27(4,5)6)23-15-33(25(30)31-23)32-22-11-10-19-20(22)8-7-9-21(19)24(28)29/h7-9,12-15H,10-11H2,1-6H3,(H3,28,29)(H2,30,31)/b32-22+. The summed E-state index contributed by atoms with van der Waals surface area (Å²) in [4.78, 5) is 4.65. The zero-order chi connectivity index (χ0) is 24.1. The SMILES string of the molecule is CC(C)(C)c1cc(-c2cn(/N=C3\CCc4c(C(=N)N)cccc43)c(N)n2)cc(C(C)(C)C)c1. The minimum atomic E-state index is 0.0202. The minimum absolute atomic E-state index is 0.0202. The third kappa shape index (κ3) is 4.42. The van der Waals surface area contributed by atoms with Crippen LogP contribution in [-0.2, 0) is 17.3 Å². The molecular weight excluding hydrogens is 408 g/mol. The van der Waals surface area contributed by atoms with Crippen molar-refractivity contribution < 1.29 is 0 Å². The number of nitrogens with zero attached hydrogens (tertiary/aromatic N) is 3. The Morgan fingerprint density at radius 3 is 2.21 bits per heavy atom. The van der Waals surface area contributed by atoms with Gasteiger partial charge in [-0.3, -0.25) is 5.41 Å². The molecule has 0 saturated heterocycles. The lowest BCUT2D eigenvalue weighted by molar-refractivity contribution is 0.569. The third-order valence-electron chi connectivity index (χ3n) is 6.29. The fourth-order valence-corrected chi connectivity index (χ4v) is 4.24. The van der Waals surface area contributed by atoms with Crippen LogP contribution in [0.2, 0.25) is 0 Å². The molecule has 0 aliphatic heterocycles. The summed E-state index contributed by atoms with van der Waals surface area (Å²) in [7, 11) is 0. The maximum atomic E-state index is 7.85. The average molecular weight is 443 g/mol. The highest BCUT2D eigenvalue weighted by molar-refractivity contribution is 6.08. The first-order valence-corrected chi connectivity index (χ1v) is 11.4. The fourth-order valence-electron chi connectivity index (χ4n) is 4.24. The van der Waals surface area contributed by atoms with Crippen molar-refractivity contribution in [1.82, 2.24) is 9.66 Å². The Hall–Kier alpha value is -3.41. The number of benzene rings is 2. The number of nitrogen functional groups attached to an aromatic ring is 2. The predicted molar refractivity (Wildman–Crippen MR) is 137 cm³/mol. The topological polar surface area (TPSA) is 106 Å². The summed E-state index contributed by atoms with van der Waals surface area (Å²) in [6.07, 6.45) is 3.50. The molecule has 1 aliphatic carbocycles. The number of imidazole rings is 1. The fraction of sp³-hybridized carbons (Fsp3) is 0.370. The summed E-state index contributed by atoms with van der Waals surface area (Å²) in [5.74, 6) is 0.443. The first-order valence-electron chi connectivity index (χ1n) is 11.4. The molecule has 33 heavy (non-hydrogen) atoms. The van der Waals surface area contributed by atoms with Gasteiger partial charge in [-0.1, -0.05) is 65.8 Å². The number of nitrogens with two attached hydrogens (primary N) is 2. The van der Waals surface area contributed by atoms with Gasteiger partial charge in [0, 0.05) is 16.7 Å². The van der Waals surface area contributed by atoms with Gasteiger partial charge in [0.05, 0.1) is 17.6 Å². The van der Waals surface area contributed by atoms with Crippen molar-refractivity contribution in [2.45, 2.75) is 65.2 Å². The second-order valence-corrected chi connectivity index (χ2v) is 10.9. The van der Waals surface area contributed by atoms with Gasteiger partial charge in [-0.05, 0) is 52.5 Å². The normalized spacial score (nSPS) is 15.2. The predicted octanol–water partition coefficient (Wildman–Crippen LogP) is 5.21. The molecule has 0 saturated carbocycles. The third-order valence-corrected chi connectivity index (χ3v) is 6.29. The van der Waals surface area contributed by atoms with Gasteiger partial charge in [-0.2, -0.15) is 5.10 Å². The molecule has 6 nitrogen and oxygen atoms in total. The smallest absolute Gasteiger partial charge is 0.221 e. The van der Waals surface area contributed by atoms with Gasteiger partial charge in [0.1, 0.15) is 5.84 Å². The van der Waals surface area contributed by atoms with E-state index in [0.717, 1.165) is 46.5 Å². The number of hydrogen-bond donors (Lipinski definition) is 3. The summed E-state index contributed by atoms with van der Waals surface area (Å²) in [6.45, 7) is 13.4. The van der Waals surface area contributed by atoms with Crippen molar-refractivity contribution >= 4 is 17.5 Å². The van der Waals surface area contributed by atoms with E-state index in [1.54, 1.807) is 4.68 Å². The van der Waals surface area contributed by atoms with Gasteiger partial charge in [0.25, 0.3) is 0 Å². The van der Waals surface area contributed by atoms with E-state index < -0.39 is 0 Å². The van der Waals surface area contributed by atoms with Crippen LogP contribution in [0.15, 0.2) is 47.7 Å². The lowest BCUT2D eigenvalue weighted by Gasteiger charge is -2.26. The maximum absolute atomic E-state index is 7.85. The molecule has 0 spiro atoms. The van der Waals surface area contributed by atoms with E-state index in [9.17, 15) is 0 Å². The van der Waals surface area contributed by atoms with Crippen LogP contribution in [0.25, 0.3) is 11.3 Å². The van der Waals surface area contributed by atoms with Crippen LogP contribution in [0.1, 0.15) is 75.8 Å². The van der Waals surface area contributed by atoms with Gasteiger partial charge in [-0.25, -0.2) is 9.66 Å². The van der Waals surface area contributed by atoms with E-state index in [0.29, 0.717) is 5.95 Å². The molecule has 0 unspecified atom stereocenters. The van der Waals surface area contributed by atoms with E-state index in [2.05, 4.69) is 64.7 Å².